The third-order valence-electron chi connectivity index (χ3n) is 1.79. The monoisotopic (exact) mass is 195 g/mol. The van der Waals surface area contributed by atoms with Crippen molar-refractivity contribution in [2.45, 2.75) is 20.0 Å². The molecular formula is C11H17NO2. The summed E-state index contributed by atoms with van der Waals surface area (Å²) >= 11 is 0. The van der Waals surface area contributed by atoms with Gasteiger partial charge in [0, 0.05) is 5.69 Å². The van der Waals surface area contributed by atoms with Crippen molar-refractivity contribution in [3.63, 3.8) is 0 Å². The molecule has 0 amide bonds. The number of rotatable bonds is 2. The Morgan fingerprint density at radius 2 is 1.79 bits per heavy atom. The normalized spacial score (nSPS) is 15.0. The molecule has 0 saturated carbocycles. The third kappa shape index (κ3) is 2.92. The fraction of sp³-hybridized carbons (Fsp3) is 0.455. The molecule has 78 valence electrons. The van der Waals surface area contributed by atoms with Gasteiger partial charge in [-0.25, -0.2) is 0 Å². The van der Waals surface area contributed by atoms with E-state index in [4.69, 9.17) is 15.2 Å². The van der Waals surface area contributed by atoms with E-state index in [0.29, 0.717) is 13.2 Å². The first-order valence-electron chi connectivity index (χ1n) is 4.94. The van der Waals surface area contributed by atoms with Crippen LogP contribution in [0, 0.1) is 0 Å². The minimum absolute atomic E-state index is 0.230. The van der Waals surface area contributed by atoms with Gasteiger partial charge in [0.25, 0.3) is 0 Å². The number of benzene rings is 1. The SMILES string of the molecule is CC.Nc1ccc(OC2COC2)cc1. The number of hydrogen-bond donors (Lipinski definition) is 1. The first-order chi connectivity index (χ1) is 6.84. The number of hydrogen-bond acceptors (Lipinski definition) is 3. The van der Waals surface area contributed by atoms with Crippen LogP contribution in [0.15, 0.2) is 24.3 Å². The van der Waals surface area contributed by atoms with Crippen LogP contribution in [0.5, 0.6) is 5.75 Å². The smallest absolute Gasteiger partial charge is 0.145 e. The van der Waals surface area contributed by atoms with E-state index < -0.39 is 0 Å². The molecule has 0 aromatic heterocycles. The topological polar surface area (TPSA) is 44.5 Å². The molecule has 1 aliphatic rings. The highest BCUT2D eigenvalue weighted by Crippen LogP contribution is 2.17. The Bertz CT molecular complexity index is 254. The summed E-state index contributed by atoms with van der Waals surface area (Å²) in [6, 6.07) is 7.39. The van der Waals surface area contributed by atoms with E-state index >= 15 is 0 Å². The van der Waals surface area contributed by atoms with E-state index in [0.717, 1.165) is 11.4 Å². The molecule has 1 aromatic carbocycles. The first-order valence-corrected chi connectivity index (χ1v) is 4.94. The summed E-state index contributed by atoms with van der Waals surface area (Å²) in [5, 5.41) is 0. The van der Waals surface area contributed by atoms with E-state index in [1.165, 1.54) is 0 Å². The molecule has 2 rings (SSSR count). The fourth-order valence-corrected chi connectivity index (χ4v) is 1.02. The Labute approximate surface area is 84.8 Å². The summed E-state index contributed by atoms with van der Waals surface area (Å²) in [5.74, 6) is 0.859. The van der Waals surface area contributed by atoms with Gasteiger partial charge in [0.15, 0.2) is 0 Å². The molecule has 0 radical (unpaired) electrons. The summed E-state index contributed by atoms with van der Waals surface area (Å²) in [5.41, 5.74) is 6.28. The quantitative estimate of drug-likeness (QED) is 0.735. The maximum absolute atomic E-state index is 5.52. The molecular weight excluding hydrogens is 178 g/mol. The van der Waals surface area contributed by atoms with Crippen molar-refractivity contribution in [2.75, 3.05) is 18.9 Å². The number of anilines is 1. The Morgan fingerprint density at radius 3 is 2.21 bits per heavy atom. The average molecular weight is 195 g/mol. The van der Waals surface area contributed by atoms with Crippen LogP contribution >= 0.6 is 0 Å². The Hall–Kier alpha value is -1.22. The van der Waals surface area contributed by atoms with Gasteiger partial charge in [0.05, 0.1) is 13.2 Å². The predicted molar refractivity (Wildman–Crippen MR) is 57.4 cm³/mol. The summed E-state index contributed by atoms with van der Waals surface area (Å²) in [7, 11) is 0. The van der Waals surface area contributed by atoms with Crippen molar-refractivity contribution >= 4 is 5.69 Å². The summed E-state index contributed by atoms with van der Waals surface area (Å²) in [6.07, 6.45) is 0.230. The van der Waals surface area contributed by atoms with Crippen molar-refractivity contribution < 1.29 is 9.47 Å². The molecule has 1 heterocycles. The van der Waals surface area contributed by atoms with Gasteiger partial charge >= 0.3 is 0 Å². The third-order valence-corrected chi connectivity index (χ3v) is 1.79. The molecule has 1 aliphatic heterocycles. The zero-order valence-electron chi connectivity index (χ0n) is 8.69. The summed E-state index contributed by atoms with van der Waals surface area (Å²) < 4.78 is 10.5. The molecule has 14 heavy (non-hydrogen) atoms. The Kier molecular flexibility index (Phi) is 4.26. The van der Waals surface area contributed by atoms with Crippen LogP contribution in [-0.2, 0) is 4.74 Å². The molecule has 1 saturated heterocycles. The van der Waals surface area contributed by atoms with Gasteiger partial charge in [0.2, 0.25) is 0 Å². The molecule has 0 unspecified atom stereocenters. The maximum Gasteiger partial charge on any atom is 0.145 e. The van der Waals surface area contributed by atoms with E-state index in [2.05, 4.69) is 0 Å². The lowest BCUT2D eigenvalue weighted by Gasteiger charge is -2.26. The van der Waals surface area contributed by atoms with Crippen LogP contribution < -0.4 is 10.5 Å². The van der Waals surface area contributed by atoms with Crippen LogP contribution in [0.1, 0.15) is 13.8 Å². The molecule has 3 heteroatoms. The van der Waals surface area contributed by atoms with Crippen LogP contribution in [0.4, 0.5) is 5.69 Å². The second-order valence-electron chi connectivity index (χ2n) is 2.85. The first kappa shape index (κ1) is 10.9. The second-order valence-corrected chi connectivity index (χ2v) is 2.85. The highest BCUT2D eigenvalue weighted by atomic mass is 16.6. The minimum atomic E-state index is 0.230. The Morgan fingerprint density at radius 1 is 1.21 bits per heavy atom. The second kappa shape index (κ2) is 5.50. The lowest BCUT2D eigenvalue weighted by atomic mass is 10.3. The van der Waals surface area contributed by atoms with Crippen molar-refractivity contribution in [1.29, 1.82) is 0 Å². The summed E-state index contributed by atoms with van der Waals surface area (Å²) in [6.45, 7) is 5.40. The number of nitrogens with two attached hydrogens (primary N) is 1. The van der Waals surface area contributed by atoms with Crippen molar-refractivity contribution in [1.82, 2.24) is 0 Å². The molecule has 0 aliphatic carbocycles. The maximum atomic E-state index is 5.52. The van der Waals surface area contributed by atoms with E-state index in [9.17, 15) is 0 Å². The van der Waals surface area contributed by atoms with Crippen LogP contribution in [-0.4, -0.2) is 19.3 Å². The molecule has 0 bridgehead atoms. The van der Waals surface area contributed by atoms with E-state index in [1.807, 2.05) is 38.1 Å². The van der Waals surface area contributed by atoms with E-state index in [1.54, 1.807) is 0 Å². The zero-order valence-corrected chi connectivity index (χ0v) is 8.69. The highest BCUT2D eigenvalue weighted by molar-refractivity contribution is 5.41. The zero-order chi connectivity index (χ0) is 10.4. The van der Waals surface area contributed by atoms with Crippen molar-refractivity contribution in [3.05, 3.63) is 24.3 Å². The van der Waals surface area contributed by atoms with E-state index in [-0.39, 0.29) is 6.10 Å². The average Bonchev–Trinajstić information content (AvgIpc) is 2.17. The molecule has 1 fully saturated rings. The lowest BCUT2D eigenvalue weighted by Crippen LogP contribution is -2.38. The lowest BCUT2D eigenvalue weighted by molar-refractivity contribution is -0.0796. The molecule has 3 nitrogen and oxygen atoms in total. The number of nitrogen functional groups attached to an aromatic ring is 1. The molecule has 1 aromatic rings. The minimum Gasteiger partial charge on any atom is -0.486 e. The standard InChI is InChI=1S/C9H11NO2.C2H6/c10-7-1-3-8(4-2-7)12-9-5-11-6-9;1-2/h1-4,9H,5-6,10H2;1-2H3. The van der Waals surface area contributed by atoms with Gasteiger partial charge in [-0.1, -0.05) is 13.8 Å². The van der Waals surface area contributed by atoms with Crippen molar-refractivity contribution in [2.24, 2.45) is 0 Å². The van der Waals surface area contributed by atoms with Crippen LogP contribution in [0.25, 0.3) is 0 Å². The Balaban J connectivity index is 0.000000461. The molecule has 2 N–H and O–H groups in total. The number of ether oxygens (including phenoxy) is 2. The van der Waals surface area contributed by atoms with Crippen LogP contribution in [0.2, 0.25) is 0 Å². The van der Waals surface area contributed by atoms with Gasteiger partial charge in [-0.15, -0.1) is 0 Å². The largest absolute Gasteiger partial charge is 0.486 e. The van der Waals surface area contributed by atoms with Gasteiger partial charge in [-0.2, -0.15) is 0 Å². The van der Waals surface area contributed by atoms with Crippen LogP contribution in [0.3, 0.4) is 0 Å². The van der Waals surface area contributed by atoms with Gasteiger partial charge in [-0.05, 0) is 24.3 Å². The molecule has 0 atom stereocenters. The van der Waals surface area contributed by atoms with Crippen molar-refractivity contribution in [3.8, 4) is 5.75 Å². The van der Waals surface area contributed by atoms with Gasteiger partial charge in [-0.3, -0.25) is 0 Å². The molecule has 0 spiro atoms. The predicted octanol–water partition coefficient (Wildman–Crippen LogP) is 2.07. The van der Waals surface area contributed by atoms with Gasteiger partial charge in [0.1, 0.15) is 11.9 Å². The van der Waals surface area contributed by atoms with Gasteiger partial charge < -0.3 is 15.2 Å². The fourth-order valence-electron chi connectivity index (χ4n) is 1.02. The highest BCUT2D eigenvalue weighted by Gasteiger charge is 2.19. The summed E-state index contributed by atoms with van der Waals surface area (Å²) in [4.78, 5) is 0.